The van der Waals surface area contributed by atoms with Gasteiger partial charge in [-0.1, -0.05) is 13.3 Å². The third-order valence-corrected chi connectivity index (χ3v) is 5.75. The molecule has 0 radical (unpaired) electrons. The second-order valence-corrected chi connectivity index (χ2v) is 8.16. The van der Waals surface area contributed by atoms with E-state index in [1.165, 1.54) is 11.3 Å². The molecule has 1 aromatic carbocycles. The van der Waals surface area contributed by atoms with Gasteiger partial charge in [0.05, 0.1) is 18.1 Å². The predicted molar refractivity (Wildman–Crippen MR) is 104 cm³/mol. The molecule has 0 spiro atoms. The average molecular weight is 365 g/mol. The molecule has 0 bridgehead atoms. The summed E-state index contributed by atoms with van der Waals surface area (Å²) in [5.41, 5.74) is 1.93. The molecule has 1 unspecified atom stereocenters. The standard InChI is InChI=1S/C18H24N2O2S2/c1-5-6-11-23-13(3)17(21)20-18-19-16(12(2)24-18)14-7-9-15(22-4)10-8-14/h7-10,13H,5-6,11H2,1-4H3,(H,19,20,21). The van der Waals surface area contributed by atoms with Crippen molar-refractivity contribution in [2.24, 2.45) is 0 Å². The van der Waals surface area contributed by atoms with Crippen LogP contribution in [0.15, 0.2) is 24.3 Å². The maximum absolute atomic E-state index is 12.3. The van der Waals surface area contributed by atoms with Crippen LogP contribution in [0.5, 0.6) is 5.75 Å². The molecule has 1 heterocycles. The maximum Gasteiger partial charge on any atom is 0.238 e. The predicted octanol–water partition coefficient (Wildman–Crippen LogP) is 4.99. The van der Waals surface area contributed by atoms with Gasteiger partial charge in [0.25, 0.3) is 0 Å². The Morgan fingerprint density at radius 1 is 1.38 bits per heavy atom. The number of anilines is 1. The van der Waals surface area contributed by atoms with Gasteiger partial charge in [0, 0.05) is 10.4 Å². The summed E-state index contributed by atoms with van der Waals surface area (Å²) in [5, 5.41) is 3.54. The number of rotatable bonds is 8. The van der Waals surface area contributed by atoms with E-state index in [1.54, 1.807) is 18.9 Å². The number of nitrogens with one attached hydrogen (secondary N) is 1. The molecule has 0 saturated carbocycles. The monoisotopic (exact) mass is 364 g/mol. The van der Waals surface area contributed by atoms with Gasteiger partial charge in [-0.2, -0.15) is 0 Å². The van der Waals surface area contributed by atoms with Gasteiger partial charge in [-0.3, -0.25) is 4.79 Å². The summed E-state index contributed by atoms with van der Waals surface area (Å²) in [7, 11) is 1.65. The average Bonchev–Trinajstić information content (AvgIpc) is 2.95. The molecule has 24 heavy (non-hydrogen) atoms. The van der Waals surface area contributed by atoms with Crippen LogP contribution in [0.1, 0.15) is 31.6 Å². The quantitative estimate of drug-likeness (QED) is 0.671. The van der Waals surface area contributed by atoms with E-state index in [-0.39, 0.29) is 11.2 Å². The minimum Gasteiger partial charge on any atom is -0.497 e. The summed E-state index contributed by atoms with van der Waals surface area (Å²) in [5.74, 6) is 1.85. The number of hydrogen-bond donors (Lipinski definition) is 1. The van der Waals surface area contributed by atoms with E-state index in [2.05, 4.69) is 17.2 Å². The van der Waals surface area contributed by atoms with Gasteiger partial charge in [-0.15, -0.1) is 23.1 Å². The zero-order valence-corrected chi connectivity index (χ0v) is 16.2. The first-order valence-electron chi connectivity index (χ1n) is 8.09. The smallest absolute Gasteiger partial charge is 0.238 e. The molecule has 2 rings (SSSR count). The summed E-state index contributed by atoms with van der Waals surface area (Å²) in [6, 6.07) is 7.79. The van der Waals surface area contributed by atoms with E-state index in [1.807, 2.05) is 38.1 Å². The van der Waals surface area contributed by atoms with Gasteiger partial charge in [-0.05, 0) is 50.3 Å². The lowest BCUT2D eigenvalue weighted by molar-refractivity contribution is -0.115. The Morgan fingerprint density at radius 3 is 2.71 bits per heavy atom. The lowest BCUT2D eigenvalue weighted by Crippen LogP contribution is -2.22. The molecule has 130 valence electrons. The first-order valence-corrected chi connectivity index (χ1v) is 9.96. The number of thioether (sulfide) groups is 1. The van der Waals surface area contributed by atoms with Gasteiger partial charge in [0.1, 0.15) is 5.75 Å². The Morgan fingerprint density at radius 2 is 2.08 bits per heavy atom. The second kappa shape index (κ2) is 9.08. The summed E-state index contributed by atoms with van der Waals surface area (Å²) in [4.78, 5) is 17.9. The van der Waals surface area contributed by atoms with Crippen molar-refractivity contribution in [2.75, 3.05) is 18.2 Å². The molecule has 0 fully saturated rings. The zero-order chi connectivity index (χ0) is 17.5. The van der Waals surface area contributed by atoms with Crippen molar-refractivity contribution in [3.63, 3.8) is 0 Å². The number of amides is 1. The zero-order valence-electron chi connectivity index (χ0n) is 14.6. The van der Waals surface area contributed by atoms with Crippen molar-refractivity contribution in [1.82, 2.24) is 4.98 Å². The number of unbranched alkanes of at least 4 members (excludes halogenated alkanes) is 1. The third-order valence-electron chi connectivity index (χ3n) is 3.63. The van der Waals surface area contributed by atoms with Crippen LogP contribution < -0.4 is 10.1 Å². The molecule has 1 N–H and O–H groups in total. The topological polar surface area (TPSA) is 51.2 Å². The number of aromatic nitrogens is 1. The molecule has 1 aromatic heterocycles. The number of ether oxygens (including phenoxy) is 1. The molecule has 1 atom stereocenters. The Balaban J connectivity index is 2.03. The van der Waals surface area contributed by atoms with Crippen LogP contribution in [0.4, 0.5) is 5.13 Å². The summed E-state index contributed by atoms with van der Waals surface area (Å²) in [6.07, 6.45) is 2.29. The van der Waals surface area contributed by atoms with Crippen LogP contribution >= 0.6 is 23.1 Å². The van der Waals surface area contributed by atoms with E-state index >= 15 is 0 Å². The first-order chi connectivity index (χ1) is 11.5. The Kier molecular flexibility index (Phi) is 7.12. The largest absolute Gasteiger partial charge is 0.497 e. The molecule has 6 heteroatoms. The molecule has 4 nitrogen and oxygen atoms in total. The Labute approximate surface area is 152 Å². The highest BCUT2D eigenvalue weighted by molar-refractivity contribution is 8.00. The van der Waals surface area contributed by atoms with E-state index in [0.29, 0.717) is 5.13 Å². The second-order valence-electron chi connectivity index (χ2n) is 5.51. The maximum atomic E-state index is 12.3. The summed E-state index contributed by atoms with van der Waals surface area (Å²) in [6.45, 7) is 6.12. The van der Waals surface area contributed by atoms with Crippen LogP contribution in [-0.2, 0) is 4.79 Å². The van der Waals surface area contributed by atoms with Crippen molar-refractivity contribution in [3.8, 4) is 17.0 Å². The minimum atomic E-state index is -0.0646. The van der Waals surface area contributed by atoms with Gasteiger partial charge < -0.3 is 10.1 Å². The fourth-order valence-corrected chi connectivity index (χ4v) is 4.01. The fourth-order valence-electron chi connectivity index (χ4n) is 2.15. The number of nitrogens with zero attached hydrogens (tertiary/aromatic N) is 1. The lowest BCUT2D eigenvalue weighted by atomic mass is 10.1. The Hall–Kier alpha value is -1.53. The summed E-state index contributed by atoms with van der Waals surface area (Å²) < 4.78 is 5.18. The van der Waals surface area contributed by atoms with Crippen LogP contribution in [0.25, 0.3) is 11.3 Å². The molecular weight excluding hydrogens is 340 g/mol. The molecule has 0 aliphatic rings. The van der Waals surface area contributed by atoms with Crippen LogP contribution in [0.2, 0.25) is 0 Å². The minimum absolute atomic E-state index is 0.0196. The number of thiazole rings is 1. The third kappa shape index (κ3) is 4.98. The van der Waals surface area contributed by atoms with Crippen molar-refractivity contribution in [1.29, 1.82) is 0 Å². The number of carbonyl (C=O) groups excluding carboxylic acids is 1. The van der Waals surface area contributed by atoms with Crippen molar-refractivity contribution >= 4 is 34.1 Å². The van der Waals surface area contributed by atoms with E-state index in [4.69, 9.17) is 4.74 Å². The van der Waals surface area contributed by atoms with Crippen molar-refractivity contribution in [2.45, 2.75) is 38.9 Å². The molecule has 2 aromatic rings. The van der Waals surface area contributed by atoms with Gasteiger partial charge in [0.2, 0.25) is 5.91 Å². The molecule has 0 aliphatic carbocycles. The molecule has 0 saturated heterocycles. The van der Waals surface area contributed by atoms with Gasteiger partial charge in [-0.25, -0.2) is 4.98 Å². The number of hydrogen-bond acceptors (Lipinski definition) is 5. The molecular formula is C18H24N2O2S2. The van der Waals surface area contributed by atoms with Gasteiger partial charge in [0.15, 0.2) is 5.13 Å². The highest BCUT2D eigenvalue weighted by atomic mass is 32.2. The Bertz CT molecular complexity index is 668. The number of benzene rings is 1. The van der Waals surface area contributed by atoms with E-state index < -0.39 is 0 Å². The first kappa shape index (κ1) is 18.8. The van der Waals surface area contributed by atoms with E-state index in [9.17, 15) is 4.79 Å². The normalized spacial score (nSPS) is 12.0. The fraction of sp³-hybridized carbons (Fsp3) is 0.444. The van der Waals surface area contributed by atoms with Crippen molar-refractivity contribution in [3.05, 3.63) is 29.1 Å². The highest BCUT2D eigenvalue weighted by Gasteiger charge is 2.16. The number of aryl methyl sites for hydroxylation is 1. The summed E-state index contributed by atoms with van der Waals surface area (Å²) >= 11 is 3.20. The van der Waals surface area contributed by atoms with E-state index in [0.717, 1.165) is 40.5 Å². The van der Waals surface area contributed by atoms with Crippen LogP contribution in [-0.4, -0.2) is 29.0 Å². The van der Waals surface area contributed by atoms with Crippen molar-refractivity contribution < 1.29 is 9.53 Å². The van der Waals surface area contributed by atoms with Crippen LogP contribution in [0.3, 0.4) is 0 Å². The molecule has 1 amide bonds. The van der Waals surface area contributed by atoms with Gasteiger partial charge >= 0.3 is 0 Å². The lowest BCUT2D eigenvalue weighted by Gasteiger charge is -2.09. The highest BCUT2D eigenvalue weighted by Crippen LogP contribution is 2.31. The molecule has 0 aliphatic heterocycles. The number of methoxy groups -OCH3 is 1. The van der Waals surface area contributed by atoms with Crippen LogP contribution in [0, 0.1) is 6.92 Å². The number of carbonyl (C=O) groups is 1. The SMILES string of the molecule is CCCCSC(C)C(=O)Nc1nc(-c2ccc(OC)cc2)c(C)s1.